The topological polar surface area (TPSA) is 120 Å². The maximum absolute atomic E-state index is 13.0. The van der Waals surface area contributed by atoms with Gasteiger partial charge in [-0.15, -0.1) is 11.3 Å². The molecule has 0 spiro atoms. The minimum atomic E-state index is -3.60. The molecule has 0 aliphatic carbocycles. The van der Waals surface area contributed by atoms with Crippen LogP contribution >= 0.6 is 11.3 Å². The fraction of sp³-hybridized carbons (Fsp3) is 0.231. The third kappa shape index (κ3) is 5.73. The Labute approximate surface area is 223 Å². The lowest BCUT2D eigenvalue weighted by atomic mass is 10.1. The number of nitro benzene ring substituents is 1. The van der Waals surface area contributed by atoms with E-state index in [0.717, 1.165) is 11.4 Å². The highest BCUT2D eigenvalue weighted by Gasteiger charge is 2.26. The van der Waals surface area contributed by atoms with Crippen molar-refractivity contribution in [3.05, 3.63) is 98.9 Å². The number of hydrogen-bond acceptors (Lipinski definition) is 8. The number of nitrogens with zero attached hydrogens (tertiary/aromatic N) is 5. The van der Waals surface area contributed by atoms with Crippen molar-refractivity contribution in [2.24, 2.45) is 4.99 Å². The molecule has 5 rings (SSSR count). The van der Waals surface area contributed by atoms with Gasteiger partial charge in [0.2, 0.25) is 10.0 Å². The van der Waals surface area contributed by atoms with E-state index in [-0.39, 0.29) is 10.6 Å². The zero-order valence-electron chi connectivity index (χ0n) is 20.3. The first-order valence-electron chi connectivity index (χ1n) is 12.0. The number of pyridine rings is 1. The number of nitro groups is 1. The first kappa shape index (κ1) is 25.9. The van der Waals surface area contributed by atoms with Crippen molar-refractivity contribution in [2.75, 3.05) is 26.3 Å². The van der Waals surface area contributed by atoms with Crippen LogP contribution in [0.5, 0.6) is 0 Å². The van der Waals surface area contributed by atoms with Gasteiger partial charge in [0.05, 0.1) is 34.4 Å². The van der Waals surface area contributed by atoms with Crippen LogP contribution < -0.4 is 4.80 Å². The van der Waals surface area contributed by atoms with Gasteiger partial charge in [-0.25, -0.2) is 13.4 Å². The molecule has 0 atom stereocenters. The van der Waals surface area contributed by atoms with Gasteiger partial charge in [-0.2, -0.15) is 4.31 Å². The molecule has 1 aliphatic rings. The third-order valence-corrected chi connectivity index (χ3v) is 8.91. The summed E-state index contributed by atoms with van der Waals surface area (Å²) in [7, 11) is -3.60. The van der Waals surface area contributed by atoms with Crippen LogP contribution in [0.4, 0.5) is 11.4 Å². The molecule has 1 saturated heterocycles. The molecular weight excluding hydrogens is 526 g/mol. The zero-order valence-corrected chi connectivity index (χ0v) is 22.0. The van der Waals surface area contributed by atoms with Crippen molar-refractivity contribution in [3.8, 4) is 11.3 Å². The summed E-state index contributed by atoms with van der Waals surface area (Å²) in [4.78, 5) is 21.0. The predicted octanol–water partition coefficient (Wildman–Crippen LogP) is 4.02. The molecule has 0 N–H and O–H groups in total. The maximum atomic E-state index is 13.0. The van der Waals surface area contributed by atoms with E-state index < -0.39 is 14.9 Å². The molecule has 1 aliphatic heterocycles. The number of hydrogen-bond donors (Lipinski definition) is 0. The number of aryl methyl sites for hydroxylation is 1. The summed E-state index contributed by atoms with van der Waals surface area (Å²) in [5, 5.41) is 13.3. The van der Waals surface area contributed by atoms with Crippen LogP contribution in [0.3, 0.4) is 0 Å². The molecule has 2 aromatic heterocycles. The van der Waals surface area contributed by atoms with Gasteiger partial charge in [0, 0.05) is 61.0 Å². The maximum Gasteiger partial charge on any atom is 0.270 e. The van der Waals surface area contributed by atoms with E-state index in [1.54, 1.807) is 42.6 Å². The average Bonchev–Trinajstić information content (AvgIpc) is 3.35. The number of ether oxygens (including phenoxy) is 1. The van der Waals surface area contributed by atoms with E-state index >= 15 is 0 Å². The quantitative estimate of drug-likeness (QED) is 0.241. The second kappa shape index (κ2) is 11.4. The largest absolute Gasteiger partial charge is 0.379 e. The minimum absolute atomic E-state index is 0.0144. The second-order valence-electron chi connectivity index (χ2n) is 8.56. The van der Waals surface area contributed by atoms with Crippen LogP contribution in [0.1, 0.15) is 5.69 Å². The van der Waals surface area contributed by atoms with Gasteiger partial charge in [0.1, 0.15) is 0 Å². The minimum Gasteiger partial charge on any atom is -0.379 e. The van der Waals surface area contributed by atoms with Gasteiger partial charge in [0.25, 0.3) is 5.69 Å². The number of rotatable bonds is 8. The summed E-state index contributed by atoms with van der Waals surface area (Å²) in [5.41, 5.74) is 3.05. The molecule has 12 heteroatoms. The van der Waals surface area contributed by atoms with Gasteiger partial charge in [-0.05, 0) is 36.4 Å². The van der Waals surface area contributed by atoms with Crippen molar-refractivity contribution < 1.29 is 18.1 Å². The SMILES string of the molecule is O=[N+]([O-])c1cccc(-c2csc(=Nc3ccc(S(=O)(=O)N4CCOCC4)cc3)n2CCc2ccccn2)c1. The fourth-order valence-electron chi connectivity index (χ4n) is 4.16. The lowest BCUT2D eigenvalue weighted by Gasteiger charge is -2.26. The van der Waals surface area contributed by atoms with Crippen molar-refractivity contribution in [2.45, 2.75) is 17.9 Å². The Morgan fingerprint density at radius 2 is 1.84 bits per heavy atom. The standard InChI is InChI=1S/C26H25N5O5S2/c32-31(33)23-6-3-4-20(18-23)25-19-37-26(30(25)13-11-21-5-1-2-12-27-21)28-22-7-9-24(10-8-22)38(34,35)29-14-16-36-17-15-29/h1-10,12,18-19H,11,13-17H2. The lowest BCUT2D eigenvalue weighted by Crippen LogP contribution is -2.40. The van der Waals surface area contributed by atoms with Crippen molar-refractivity contribution in [1.29, 1.82) is 0 Å². The molecule has 2 aromatic carbocycles. The van der Waals surface area contributed by atoms with Crippen LogP contribution in [0, 0.1) is 10.1 Å². The molecule has 0 unspecified atom stereocenters. The molecule has 1 fully saturated rings. The normalized spacial score (nSPS) is 15.0. The van der Waals surface area contributed by atoms with E-state index in [9.17, 15) is 18.5 Å². The van der Waals surface area contributed by atoms with Gasteiger partial charge < -0.3 is 9.30 Å². The monoisotopic (exact) mass is 551 g/mol. The van der Waals surface area contributed by atoms with Crippen LogP contribution in [-0.2, 0) is 27.7 Å². The third-order valence-electron chi connectivity index (χ3n) is 6.14. The van der Waals surface area contributed by atoms with Crippen molar-refractivity contribution in [3.63, 3.8) is 0 Å². The molecule has 3 heterocycles. The Balaban J connectivity index is 1.49. The van der Waals surface area contributed by atoms with Crippen LogP contribution in [0.25, 0.3) is 11.3 Å². The highest BCUT2D eigenvalue weighted by atomic mass is 32.2. The highest BCUT2D eigenvalue weighted by Crippen LogP contribution is 2.26. The summed E-state index contributed by atoms with van der Waals surface area (Å²) in [6, 6.07) is 18.8. The smallest absolute Gasteiger partial charge is 0.270 e. The second-order valence-corrected chi connectivity index (χ2v) is 11.3. The van der Waals surface area contributed by atoms with Crippen LogP contribution in [-0.4, -0.2) is 53.5 Å². The summed E-state index contributed by atoms with van der Waals surface area (Å²) in [6.07, 6.45) is 2.39. The van der Waals surface area contributed by atoms with Crippen molar-refractivity contribution in [1.82, 2.24) is 13.9 Å². The van der Waals surface area contributed by atoms with E-state index in [2.05, 4.69) is 4.98 Å². The molecule has 0 amide bonds. The number of thiazole rings is 1. The Morgan fingerprint density at radius 3 is 2.55 bits per heavy atom. The Bertz CT molecular complexity index is 1590. The Morgan fingerprint density at radius 1 is 1.05 bits per heavy atom. The summed E-state index contributed by atoms with van der Waals surface area (Å²) in [6.45, 7) is 1.99. The van der Waals surface area contributed by atoms with Crippen LogP contribution in [0.15, 0.2) is 88.2 Å². The molecule has 4 aromatic rings. The molecular formula is C26H25N5O5S2. The van der Waals surface area contributed by atoms with E-state index in [0.29, 0.717) is 55.3 Å². The Hall–Kier alpha value is -3.71. The fourth-order valence-corrected chi connectivity index (χ4v) is 6.52. The number of morpholine rings is 1. The van der Waals surface area contributed by atoms with E-state index in [1.165, 1.54) is 21.7 Å². The number of benzene rings is 2. The molecule has 38 heavy (non-hydrogen) atoms. The van der Waals surface area contributed by atoms with E-state index in [4.69, 9.17) is 9.73 Å². The van der Waals surface area contributed by atoms with Gasteiger partial charge in [-0.1, -0.05) is 18.2 Å². The zero-order chi connectivity index (χ0) is 26.5. The number of non-ortho nitro benzene ring substituents is 1. The first-order chi connectivity index (χ1) is 18.4. The summed E-state index contributed by atoms with van der Waals surface area (Å²) in [5.74, 6) is 0. The van der Waals surface area contributed by atoms with Crippen molar-refractivity contribution >= 4 is 32.7 Å². The Kier molecular flexibility index (Phi) is 7.74. The van der Waals surface area contributed by atoms with Gasteiger partial charge >= 0.3 is 0 Å². The number of aromatic nitrogens is 2. The summed E-state index contributed by atoms with van der Waals surface area (Å²) < 4.78 is 34.6. The van der Waals surface area contributed by atoms with E-state index in [1.807, 2.05) is 34.2 Å². The molecule has 0 bridgehead atoms. The number of sulfonamides is 1. The lowest BCUT2D eigenvalue weighted by molar-refractivity contribution is -0.384. The molecule has 0 saturated carbocycles. The van der Waals surface area contributed by atoms with Gasteiger partial charge in [-0.3, -0.25) is 15.1 Å². The molecule has 196 valence electrons. The first-order valence-corrected chi connectivity index (χ1v) is 14.3. The predicted molar refractivity (Wildman–Crippen MR) is 144 cm³/mol. The van der Waals surface area contributed by atoms with Gasteiger partial charge in [0.15, 0.2) is 4.80 Å². The van der Waals surface area contributed by atoms with Crippen LogP contribution in [0.2, 0.25) is 0 Å². The average molecular weight is 552 g/mol. The molecule has 0 radical (unpaired) electrons. The summed E-state index contributed by atoms with van der Waals surface area (Å²) >= 11 is 1.41. The molecule has 10 nitrogen and oxygen atoms in total. The highest BCUT2D eigenvalue weighted by molar-refractivity contribution is 7.89.